The van der Waals surface area contributed by atoms with Crippen molar-refractivity contribution < 1.29 is 17.9 Å². The van der Waals surface area contributed by atoms with Gasteiger partial charge in [0, 0.05) is 32.7 Å². The molecule has 2 aliphatic heterocycles. The summed E-state index contributed by atoms with van der Waals surface area (Å²) in [7, 11) is -3.59. The van der Waals surface area contributed by atoms with Gasteiger partial charge in [0.1, 0.15) is 15.9 Å². The second-order valence-electron chi connectivity index (χ2n) is 6.76. The van der Waals surface area contributed by atoms with Crippen molar-refractivity contribution in [2.45, 2.75) is 11.4 Å². The fourth-order valence-corrected chi connectivity index (χ4v) is 5.73. The van der Waals surface area contributed by atoms with Gasteiger partial charge in [-0.15, -0.1) is 12.4 Å². The molecule has 29 heavy (non-hydrogen) atoms. The Hall–Kier alpha value is -1.98. The number of halogens is 1. The van der Waals surface area contributed by atoms with E-state index in [1.807, 2.05) is 18.2 Å². The van der Waals surface area contributed by atoms with Gasteiger partial charge in [-0.3, -0.25) is 4.90 Å². The minimum Gasteiger partial charge on any atom is -0.454 e. The number of fused-ring (bicyclic) bond motifs is 2. The van der Waals surface area contributed by atoms with Crippen molar-refractivity contribution in [3.8, 4) is 11.5 Å². The highest BCUT2D eigenvalue weighted by molar-refractivity contribution is 7.89. The molecule has 3 aromatic rings. The average molecular weight is 455 g/mol. The van der Waals surface area contributed by atoms with Gasteiger partial charge in [0.25, 0.3) is 0 Å². The number of hydrogen-bond donors (Lipinski definition) is 0. The molecule has 0 amide bonds. The maximum Gasteiger partial charge on any atom is 0.245 e. The van der Waals surface area contributed by atoms with Gasteiger partial charge in [-0.2, -0.15) is 13.1 Å². The Morgan fingerprint density at radius 1 is 1.00 bits per heavy atom. The Labute approximate surface area is 178 Å². The van der Waals surface area contributed by atoms with Crippen LogP contribution >= 0.6 is 24.1 Å². The van der Waals surface area contributed by atoms with Crippen LogP contribution in [0.5, 0.6) is 11.5 Å². The predicted molar refractivity (Wildman–Crippen MR) is 111 cm³/mol. The van der Waals surface area contributed by atoms with E-state index in [1.54, 1.807) is 18.2 Å². The van der Waals surface area contributed by atoms with E-state index in [1.165, 1.54) is 4.31 Å². The lowest BCUT2D eigenvalue weighted by atomic mass is 10.2. The first-order valence-corrected chi connectivity index (χ1v) is 11.1. The average Bonchev–Trinajstić information content (AvgIpc) is 3.37. The molecule has 11 heteroatoms. The monoisotopic (exact) mass is 454 g/mol. The molecule has 0 saturated carbocycles. The highest BCUT2D eigenvalue weighted by Crippen LogP contribution is 2.33. The normalized spacial score (nSPS) is 17.4. The number of nitrogens with zero attached hydrogens (tertiary/aromatic N) is 4. The predicted octanol–water partition coefficient (Wildman–Crippen LogP) is 2.35. The van der Waals surface area contributed by atoms with Gasteiger partial charge in [-0.05, 0) is 29.8 Å². The molecule has 1 saturated heterocycles. The number of sulfonamides is 1. The van der Waals surface area contributed by atoms with Gasteiger partial charge >= 0.3 is 0 Å². The van der Waals surface area contributed by atoms with E-state index in [0.29, 0.717) is 37.2 Å². The Morgan fingerprint density at radius 2 is 1.79 bits per heavy atom. The van der Waals surface area contributed by atoms with Crippen LogP contribution in [0.1, 0.15) is 5.56 Å². The van der Waals surface area contributed by atoms with Crippen LogP contribution in [0.2, 0.25) is 0 Å². The smallest absolute Gasteiger partial charge is 0.245 e. The fraction of sp³-hybridized carbons (Fsp3) is 0.333. The molecule has 0 atom stereocenters. The molecule has 0 radical (unpaired) electrons. The van der Waals surface area contributed by atoms with Crippen molar-refractivity contribution in [3.05, 3.63) is 42.0 Å². The molecule has 5 rings (SSSR count). The molecule has 1 aromatic heterocycles. The van der Waals surface area contributed by atoms with Gasteiger partial charge in [0.05, 0.1) is 11.7 Å². The van der Waals surface area contributed by atoms with E-state index in [2.05, 4.69) is 13.6 Å². The summed E-state index contributed by atoms with van der Waals surface area (Å²) >= 11 is 1.03. The summed E-state index contributed by atoms with van der Waals surface area (Å²) in [5.74, 6) is 1.54. The van der Waals surface area contributed by atoms with Crippen LogP contribution in [0, 0.1) is 0 Å². The first kappa shape index (κ1) is 20.3. The van der Waals surface area contributed by atoms with Gasteiger partial charge in [-0.25, -0.2) is 8.42 Å². The quantitative estimate of drug-likeness (QED) is 0.598. The van der Waals surface area contributed by atoms with Gasteiger partial charge in [0.2, 0.25) is 16.8 Å². The molecule has 1 fully saturated rings. The lowest BCUT2D eigenvalue weighted by molar-refractivity contribution is 0.173. The molecule has 0 N–H and O–H groups in total. The van der Waals surface area contributed by atoms with Crippen LogP contribution in [0.25, 0.3) is 11.0 Å². The summed E-state index contributed by atoms with van der Waals surface area (Å²) in [6.07, 6.45) is 0. The van der Waals surface area contributed by atoms with Crippen LogP contribution in [-0.2, 0) is 16.6 Å². The maximum absolute atomic E-state index is 13.1. The van der Waals surface area contributed by atoms with Crippen molar-refractivity contribution in [1.82, 2.24) is 18.0 Å². The third kappa shape index (κ3) is 3.78. The van der Waals surface area contributed by atoms with E-state index in [4.69, 9.17) is 9.47 Å². The highest BCUT2D eigenvalue weighted by Gasteiger charge is 2.30. The van der Waals surface area contributed by atoms with Crippen molar-refractivity contribution in [2.75, 3.05) is 33.0 Å². The lowest BCUT2D eigenvalue weighted by Gasteiger charge is -2.34. The van der Waals surface area contributed by atoms with E-state index < -0.39 is 10.0 Å². The molecular weight excluding hydrogens is 436 g/mol. The lowest BCUT2D eigenvalue weighted by Crippen LogP contribution is -2.48. The number of piperazine rings is 1. The van der Waals surface area contributed by atoms with Crippen molar-refractivity contribution >= 4 is 45.2 Å². The van der Waals surface area contributed by atoms with Gasteiger partial charge in [0.15, 0.2) is 11.5 Å². The topological polar surface area (TPSA) is 84.9 Å². The zero-order valence-corrected chi connectivity index (χ0v) is 17.8. The summed E-state index contributed by atoms with van der Waals surface area (Å²) in [4.78, 5) is 2.48. The molecule has 154 valence electrons. The first-order valence-electron chi connectivity index (χ1n) is 8.93. The zero-order chi connectivity index (χ0) is 19.1. The minimum atomic E-state index is -3.59. The summed E-state index contributed by atoms with van der Waals surface area (Å²) in [5.41, 5.74) is 2.20. The first-order chi connectivity index (χ1) is 13.6. The molecule has 2 aromatic carbocycles. The third-order valence-corrected chi connectivity index (χ3v) is 7.51. The Kier molecular flexibility index (Phi) is 5.63. The van der Waals surface area contributed by atoms with Crippen LogP contribution < -0.4 is 9.47 Å². The number of ether oxygens (including phenoxy) is 2. The van der Waals surface area contributed by atoms with Crippen LogP contribution in [-0.4, -0.2) is 59.3 Å². The molecule has 0 bridgehead atoms. The number of aromatic nitrogens is 2. The number of rotatable bonds is 4. The van der Waals surface area contributed by atoms with Gasteiger partial charge in [-0.1, -0.05) is 12.1 Å². The summed E-state index contributed by atoms with van der Waals surface area (Å²) in [6, 6.07) is 11.0. The highest BCUT2D eigenvalue weighted by atomic mass is 35.5. The van der Waals surface area contributed by atoms with E-state index in [0.717, 1.165) is 35.3 Å². The molecule has 0 unspecified atom stereocenters. The number of benzene rings is 2. The molecule has 3 heterocycles. The van der Waals surface area contributed by atoms with Crippen LogP contribution in [0.4, 0.5) is 0 Å². The van der Waals surface area contributed by atoms with Crippen molar-refractivity contribution in [3.63, 3.8) is 0 Å². The second kappa shape index (κ2) is 8.04. The standard InChI is InChI=1S/C18H18N4O4S2.ClH/c23-28(24,17-3-1-2-14-18(17)20-27-19-14)22-8-6-21(7-9-22)11-13-4-5-15-16(10-13)26-12-25-15;/h1-5,10H,6-9,11-12H2;1H. The third-order valence-electron chi connectivity index (χ3n) is 5.04. The number of hydrogen-bond acceptors (Lipinski definition) is 8. The second-order valence-corrected chi connectivity index (χ2v) is 9.19. The van der Waals surface area contributed by atoms with E-state index in [-0.39, 0.29) is 24.1 Å². The van der Waals surface area contributed by atoms with E-state index >= 15 is 0 Å². The summed E-state index contributed by atoms with van der Waals surface area (Å²) in [5, 5.41) is 0. The minimum absolute atomic E-state index is 0. The Bertz CT molecular complexity index is 1130. The molecule has 8 nitrogen and oxygen atoms in total. The summed E-state index contributed by atoms with van der Waals surface area (Å²) < 4.78 is 46.8. The van der Waals surface area contributed by atoms with Gasteiger partial charge < -0.3 is 9.47 Å². The molecular formula is C18H19ClN4O4S2. The largest absolute Gasteiger partial charge is 0.454 e. The van der Waals surface area contributed by atoms with Crippen molar-refractivity contribution in [2.24, 2.45) is 0 Å². The van der Waals surface area contributed by atoms with Crippen molar-refractivity contribution in [1.29, 1.82) is 0 Å². The molecule has 0 aliphatic carbocycles. The maximum atomic E-state index is 13.1. The summed E-state index contributed by atoms with van der Waals surface area (Å²) in [6.45, 7) is 3.23. The SMILES string of the molecule is Cl.O=S(=O)(c1cccc2nsnc12)N1CCN(Cc2ccc3c(c2)OCO3)CC1. The Morgan fingerprint density at radius 3 is 2.62 bits per heavy atom. The van der Waals surface area contributed by atoms with Crippen LogP contribution in [0.3, 0.4) is 0 Å². The Balaban J connectivity index is 0.00000205. The zero-order valence-electron chi connectivity index (χ0n) is 15.4. The molecule has 2 aliphatic rings. The van der Waals surface area contributed by atoms with E-state index in [9.17, 15) is 8.42 Å². The fourth-order valence-electron chi connectivity index (χ4n) is 3.55. The van der Waals surface area contributed by atoms with Crippen LogP contribution in [0.15, 0.2) is 41.3 Å². The molecule has 0 spiro atoms.